The highest BCUT2D eigenvalue weighted by Gasteiger charge is 2.32. The van der Waals surface area contributed by atoms with E-state index in [0.29, 0.717) is 18.9 Å². The summed E-state index contributed by atoms with van der Waals surface area (Å²) < 4.78 is 5.00. The van der Waals surface area contributed by atoms with Crippen molar-refractivity contribution in [1.82, 2.24) is 15.2 Å². The van der Waals surface area contributed by atoms with Crippen LogP contribution in [0.1, 0.15) is 31.7 Å². The first-order valence-corrected chi connectivity index (χ1v) is 9.16. The zero-order valence-electron chi connectivity index (χ0n) is 16.0. The molecule has 0 bridgehead atoms. The summed E-state index contributed by atoms with van der Waals surface area (Å²) in [6.45, 7) is 5.49. The molecule has 2 heterocycles. The van der Waals surface area contributed by atoms with Crippen LogP contribution in [0.3, 0.4) is 0 Å². The first kappa shape index (κ1) is 19.7. The minimum absolute atomic E-state index is 0.0896. The topological polar surface area (TPSA) is 57.7 Å². The van der Waals surface area contributed by atoms with Gasteiger partial charge in [-0.05, 0) is 24.0 Å². The van der Waals surface area contributed by atoms with Gasteiger partial charge in [0.2, 0.25) is 5.91 Å². The van der Waals surface area contributed by atoms with E-state index in [4.69, 9.17) is 4.74 Å². The normalized spacial score (nSPS) is 20.6. The van der Waals surface area contributed by atoms with Gasteiger partial charge in [-0.2, -0.15) is 0 Å². The minimum Gasteiger partial charge on any atom is -0.384 e. The van der Waals surface area contributed by atoms with E-state index in [9.17, 15) is 4.79 Å². The summed E-state index contributed by atoms with van der Waals surface area (Å²) in [7, 11) is 5.61. The maximum Gasteiger partial charge on any atom is 0.222 e. The largest absolute Gasteiger partial charge is 0.384 e. The van der Waals surface area contributed by atoms with Gasteiger partial charge in [-0.15, -0.1) is 0 Å². The molecule has 0 unspecified atom stereocenters. The van der Waals surface area contributed by atoms with E-state index >= 15 is 0 Å². The maximum atomic E-state index is 12.0. The number of nitrogens with one attached hydrogen (secondary N) is 1. The van der Waals surface area contributed by atoms with Crippen molar-refractivity contribution in [2.45, 2.75) is 38.8 Å². The van der Waals surface area contributed by atoms with E-state index < -0.39 is 0 Å². The van der Waals surface area contributed by atoms with Crippen LogP contribution in [0.15, 0.2) is 18.3 Å². The fraction of sp³-hybridized carbons (Fsp3) is 0.684. The summed E-state index contributed by atoms with van der Waals surface area (Å²) in [6, 6.07) is 4.43. The molecule has 1 aromatic heterocycles. The molecule has 0 aromatic carbocycles. The number of anilines is 1. The number of pyridine rings is 1. The first-order chi connectivity index (χ1) is 12.0. The number of ether oxygens (including phenoxy) is 1. The molecule has 2 rings (SSSR count). The highest BCUT2D eigenvalue weighted by atomic mass is 16.5. The Balaban J connectivity index is 1.92. The Morgan fingerprint density at radius 3 is 2.80 bits per heavy atom. The number of hydrogen-bond donors (Lipinski definition) is 1. The predicted molar refractivity (Wildman–Crippen MR) is 101 cm³/mol. The summed E-state index contributed by atoms with van der Waals surface area (Å²) in [5, 5.41) is 3.21. The number of carbonyl (C=O) groups is 1. The van der Waals surface area contributed by atoms with Crippen molar-refractivity contribution in [2.24, 2.45) is 5.92 Å². The molecule has 1 fully saturated rings. The summed E-state index contributed by atoms with van der Waals surface area (Å²) in [4.78, 5) is 21.0. The molecule has 6 heteroatoms. The van der Waals surface area contributed by atoms with Gasteiger partial charge in [0.1, 0.15) is 5.82 Å². The lowest BCUT2D eigenvalue weighted by atomic mass is 9.98. The SMILES string of the molecule is CCC[C@@H]1CN(Cc2ccc(N(C)C)nc2)C[C@H]1NC(=O)CCOC. The van der Waals surface area contributed by atoms with Crippen LogP contribution in [0, 0.1) is 5.92 Å². The Kier molecular flexibility index (Phi) is 7.65. The Hall–Kier alpha value is -1.66. The van der Waals surface area contributed by atoms with Gasteiger partial charge >= 0.3 is 0 Å². The van der Waals surface area contributed by atoms with Crippen molar-refractivity contribution in [3.63, 3.8) is 0 Å². The van der Waals surface area contributed by atoms with Crippen LogP contribution in [0.4, 0.5) is 5.82 Å². The van der Waals surface area contributed by atoms with Gasteiger partial charge in [0.05, 0.1) is 6.61 Å². The van der Waals surface area contributed by atoms with Gasteiger partial charge in [-0.1, -0.05) is 19.4 Å². The van der Waals surface area contributed by atoms with E-state index in [-0.39, 0.29) is 11.9 Å². The summed E-state index contributed by atoms with van der Waals surface area (Å²) >= 11 is 0. The molecular weight excluding hydrogens is 316 g/mol. The summed E-state index contributed by atoms with van der Waals surface area (Å²) in [5.74, 6) is 1.58. The number of aromatic nitrogens is 1. The molecule has 1 aliphatic heterocycles. The van der Waals surface area contributed by atoms with Crippen molar-refractivity contribution in [2.75, 3.05) is 45.8 Å². The second kappa shape index (κ2) is 9.73. The van der Waals surface area contributed by atoms with E-state index in [0.717, 1.165) is 38.3 Å². The van der Waals surface area contributed by atoms with Crippen molar-refractivity contribution >= 4 is 11.7 Å². The van der Waals surface area contributed by atoms with Crippen LogP contribution in [0.2, 0.25) is 0 Å². The van der Waals surface area contributed by atoms with Crippen molar-refractivity contribution in [3.05, 3.63) is 23.9 Å². The fourth-order valence-corrected chi connectivity index (χ4v) is 3.42. The zero-order chi connectivity index (χ0) is 18.2. The molecule has 0 radical (unpaired) electrons. The maximum absolute atomic E-state index is 12.0. The van der Waals surface area contributed by atoms with Gasteiger partial charge in [-0.25, -0.2) is 4.98 Å². The average molecular weight is 348 g/mol. The van der Waals surface area contributed by atoms with Crippen LogP contribution in [-0.2, 0) is 16.1 Å². The van der Waals surface area contributed by atoms with Crippen LogP contribution in [0.5, 0.6) is 0 Å². The highest BCUT2D eigenvalue weighted by Crippen LogP contribution is 2.23. The molecule has 25 heavy (non-hydrogen) atoms. The number of nitrogens with zero attached hydrogens (tertiary/aromatic N) is 3. The molecule has 6 nitrogen and oxygen atoms in total. The molecule has 0 saturated carbocycles. The third-order valence-corrected chi connectivity index (χ3v) is 4.73. The molecule has 1 N–H and O–H groups in total. The molecule has 0 aliphatic carbocycles. The Bertz CT molecular complexity index is 533. The van der Waals surface area contributed by atoms with E-state index in [1.165, 1.54) is 5.56 Å². The minimum atomic E-state index is 0.0896. The fourth-order valence-electron chi connectivity index (χ4n) is 3.42. The predicted octanol–water partition coefficient (Wildman–Crippen LogP) is 1.90. The number of rotatable bonds is 9. The van der Waals surface area contributed by atoms with Crippen LogP contribution in [-0.4, -0.2) is 62.7 Å². The smallest absolute Gasteiger partial charge is 0.222 e. The second-order valence-electron chi connectivity index (χ2n) is 7.08. The average Bonchev–Trinajstić information content (AvgIpc) is 2.95. The highest BCUT2D eigenvalue weighted by molar-refractivity contribution is 5.76. The Labute approximate surface area is 151 Å². The molecule has 0 spiro atoms. The molecular formula is C19H32N4O2. The van der Waals surface area contributed by atoms with E-state index in [1.54, 1.807) is 7.11 Å². The monoisotopic (exact) mass is 348 g/mol. The van der Waals surface area contributed by atoms with Crippen molar-refractivity contribution in [1.29, 1.82) is 0 Å². The number of hydrogen-bond acceptors (Lipinski definition) is 5. The third kappa shape index (κ3) is 5.97. The number of likely N-dealkylation sites (tertiary alicyclic amines) is 1. The lowest BCUT2D eigenvalue weighted by Gasteiger charge is -2.19. The third-order valence-electron chi connectivity index (χ3n) is 4.73. The van der Waals surface area contributed by atoms with E-state index in [2.05, 4.69) is 34.3 Å². The molecule has 1 aromatic rings. The molecule has 140 valence electrons. The van der Waals surface area contributed by atoms with E-state index in [1.807, 2.05) is 25.2 Å². The summed E-state index contributed by atoms with van der Waals surface area (Å²) in [5.41, 5.74) is 1.22. The lowest BCUT2D eigenvalue weighted by molar-refractivity contribution is -0.122. The zero-order valence-corrected chi connectivity index (χ0v) is 16.0. The first-order valence-electron chi connectivity index (χ1n) is 9.16. The number of carbonyl (C=O) groups excluding carboxylic acids is 1. The van der Waals surface area contributed by atoms with Gasteiger partial charge in [0.25, 0.3) is 0 Å². The van der Waals surface area contributed by atoms with Crippen molar-refractivity contribution in [3.8, 4) is 0 Å². The quantitative estimate of drug-likeness (QED) is 0.739. The van der Waals surface area contributed by atoms with Crippen LogP contribution < -0.4 is 10.2 Å². The lowest BCUT2D eigenvalue weighted by Crippen LogP contribution is -2.40. The standard InChI is InChI=1S/C19H32N4O2/c1-5-6-16-13-23(14-17(16)21-19(24)9-10-25-4)12-15-7-8-18(20-11-15)22(2)3/h7-8,11,16-17H,5-6,9-10,12-14H2,1-4H3,(H,21,24)/t16-,17-/m1/s1. The van der Waals surface area contributed by atoms with Gasteiger partial charge in [0, 0.05) is 59.5 Å². The van der Waals surface area contributed by atoms with Gasteiger partial charge in [0.15, 0.2) is 0 Å². The number of methoxy groups -OCH3 is 1. The van der Waals surface area contributed by atoms with Gasteiger partial charge < -0.3 is 15.0 Å². The molecule has 1 amide bonds. The Morgan fingerprint density at radius 2 is 2.20 bits per heavy atom. The second-order valence-corrected chi connectivity index (χ2v) is 7.08. The number of amides is 1. The molecule has 1 saturated heterocycles. The van der Waals surface area contributed by atoms with Gasteiger partial charge in [-0.3, -0.25) is 9.69 Å². The summed E-state index contributed by atoms with van der Waals surface area (Å²) in [6.07, 6.45) is 4.67. The molecule has 2 atom stereocenters. The molecule has 1 aliphatic rings. The van der Waals surface area contributed by atoms with Crippen molar-refractivity contribution < 1.29 is 9.53 Å². The van der Waals surface area contributed by atoms with Crippen LogP contribution in [0.25, 0.3) is 0 Å². The van der Waals surface area contributed by atoms with Crippen LogP contribution >= 0.6 is 0 Å². The Morgan fingerprint density at radius 1 is 1.40 bits per heavy atom.